The fourth-order valence-corrected chi connectivity index (χ4v) is 8.13. The maximum atomic E-state index is 13.1. The number of methoxy groups -OCH3 is 1. The van der Waals surface area contributed by atoms with Crippen LogP contribution in [0.3, 0.4) is 0 Å². The van der Waals surface area contributed by atoms with Crippen LogP contribution in [0.4, 0.5) is 0 Å². The summed E-state index contributed by atoms with van der Waals surface area (Å²) in [6, 6.07) is 0. The third-order valence-electron chi connectivity index (χ3n) is 5.19. The van der Waals surface area contributed by atoms with Crippen LogP contribution in [0.25, 0.3) is 0 Å². The van der Waals surface area contributed by atoms with Gasteiger partial charge in [0.25, 0.3) is 17.5 Å². The van der Waals surface area contributed by atoms with Gasteiger partial charge in [0.1, 0.15) is 9.96 Å². The number of hydrogen-bond acceptors (Lipinski definition) is 15. The minimum absolute atomic E-state index is 0. The molecule has 192 valence electrons. The van der Waals surface area contributed by atoms with Crippen molar-refractivity contribution in [1.82, 2.24) is 30.4 Å². The second-order valence-electron chi connectivity index (χ2n) is 7.26. The number of nitrogens with zero attached hydrogens (tertiary/aromatic N) is 5. The van der Waals surface area contributed by atoms with E-state index in [4.69, 9.17) is 10.5 Å². The van der Waals surface area contributed by atoms with E-state index in [1.54, 1.807) is 7.05 Å². The molecule has 1 unspecified atom stereocenters. The number of hydrogen-bond donors (Lipinski definition) is 2. The molecule has 3 amide bonds. The Bertz CT molecular complexity index is 1240. The van der Waals surface area contributed by atoms with Gasteiger partial charge in [0.2, 0.25) is 11.1 Å². The number of ether oxygens (including phenoxy) is 1. The van der Waals surface area contributed by atoms with E-state index in [1.807, 2.05) is 0 Å². The Balaban J connectivity index is 0.00000253. The summed E-state index contributed by atoms with van der Waals surface area (Å²) in [4.78, 5) is 61.3. The Kier molecular flexibility index (Phi) is 11.7. The molecular formula is C17H15N7Na2O8S4. The normalized spacial score (nSPS) is 23.7. The van der Waals surface area contributed by atoms with E-state index in [2.05, 4.69) is 20.8 Å². The fraction of sp³-hybridized carbons (Fsp3) is 0.412. The summed E-state index contributed by atoms with van der Waals surface area (Å²) in [7, 11) is 2.82. The van der Waals surface area contributed by atoms with Gasteiger partial charge in [-0.25, -0.2) is 4.68 Å². The number of aliphatic carboxylic acids is 2. The van der Waals surface area contributed by atoms with Crippen LogP contribution in [-0.2, 0) is 35.8 Å². The second kappa shape index (κ2) is 13.3. The van der Waals surface area contributed by atoms with Gasteiger partial charge >= 0.3 is 59.1 Å². The van der Waals surface area contributed by atoms with Gasteiger partial charge in [-0.3, -0.25) is 19.3 Å². The minimum Gasteiger partial charge on any atom is -0.545 e. The first-order valence-corrected chi connectivity index (χ1v) is 13.5. The third kappa shape index (κ3) is 5.97. The Morgan fingerprint density at radius 3 is 2.42 bits per heavy atom. The number of tetrazole rings is 1. The number of β-lactam (4-membered cyclic amide) rings is 1. The number of primary amides is 1. The fourth-order valence-electron chi connectivity index (χ4n) is 3.49. The molecule has 0 aliphatic carbocycles. The van der Waals surface area contributed by atoms with Gasteiger partial charge < -0.3 is 35.6 Å². The summed E-state index contributed by atoms with van der Waals surface area (Å²) in [6.07, 6.45) is 0. The zero-order valence-corrected chi connectivity index (χ0v) is 27.5. The molecule has 0 spiro atoms. The molecule has 4 rings (SSSR count). The van der Waals surface area contributed by atoms with Crippen LogP contribution in [0.1, 0.15) is 0 Å². The predicted molar refractivity (Wildman–Crippen MR) is 123 cm³/mol. The molecule has 4 heterocycles. The molecule has 38 heavy (non-hydrogen) atoms. The van der Waals surface area contributed by atoms with Crippen molar-refractivity contribution in [1.29, 1.82) is 0 Å². The standard InChI is InChI=1S/C17H17N7O8S4.2Na/c1-23-16(20-21-22-23)34-4-5-3-33-15-17(32-2,14(31)24(15)7(5)11(29)30)19-9(26)13-35-12(36-13)6(8(18)25)10(27)28;;/h13,15H,3-4H2,1-2H3,(H2,18,25)(H,19,26)(H,27,28)(H,29,30);;/q;2*+1/p-2/t13?,15?,17-;;/m0../s1. The molecule has 0 aromatic carbocycles. The van der Waals surface area contributed by atoms with Crippen molar-refractivity contribution in [3.63, 3.8) is 0 Å². The smallest absolute Gasteiger partial charge is 0.545 e. The van der Waals surface area contributed by atoms with Crippen molar-refractivity contribution in [3.05, 3.63) is 21.1 Å². The average molecular weight is 620 g/mol. The first kappa shape index (κ1) is 33.5. The van der Waals surface area contributed by atoms with Gasteiger partial charge in [0, 0.05) is 25.7 Å². The number of nitrogens with two attached hydrogens (primary N) is 1. The van der Waals surface area contributed by atoms with Gasteiger partial charge in [-0.15, -0.1) is 16.9 Å². The van der Waals surface area contributed by atoms with Gasteiger partial charge in [0.05, 0.1) is 27.4 Å². The van der Waals surface area contributed by atoms with E-state index in [0.717, 1.165) is 28.4 Å². The van der Waals surface area contributed by atoms with E-state index in [1.165, 1.54) is 35.3 Å². The molecule has 2 saturated heterocycles. The average Bonchev–Trinajstić information content (AvgIpc) is 3.20. The van der Waals surface area contributed by atoms with Crippen LogP contribution >= 0.6 is 47.0 Å². The number of fused-ring (bicyclic) bond motifs is 1. The zero-order valence-electron chi connectivity index (χ0n) is 20.3. The molecule has 2 atom stereocenters. The van der Waals surface area contributed by atoms with E-state index < -0.39 is 50.9 Å². The summed E-state index contributed by atoms with van der Waals surface area (Å²) >= 11 is 3.89. The number of carboxylic acids is 2. The Labute approximate surface area is 275 Å². The van der Waals surface area contributed by atoms with Crippen LogP contribution in [0.5, 0.6) is 0 Å². The van der Waals surface area contributed by atoms with Crippen LogP contribution in [0.2, 0.25) is 0 Å². The Morgan fingerprint density at radius 2 is 1.92 bits per heavy atom. The van der Waals surface area contributed by atoms with Crippen molar-refractivity contribution in [2.45, 2.75) is 20.8 Å². The molecule has 3 N–H and O–H groups in total. The molecule has 15 nitrogen and oxygen atoms in total. The summed E-state index contributed by atoms with van der Waals surface area (Å²) < 4.78 is 5.89. The molecular weight excluding hydrogens is 604 g/mol. The summed E-state index contributed by atoms with van der Waals surface area (Å²) in [5, 5.41) is 36.1. The summed E-state index contributed by atoms with van der Waals surface area (Å²) in [5.41, 5.74) is 2.54. The van der Waals surface area contributed by atoms with Gasteiger partial charge in [-0.2, -0.15) is 0 Å². The Morgan fingerprint density at radius 1 is 1.26 bits per heavy atom. The van der Waals surface area contributed by atoms with Crippen LogP contribution < -0.4 is 80.4 Å². The number of amides is 3. The molecule has 0 bridgehead atoms. The van der Waals surface area contributed by atoms with Crippen molar-refractivity contribution >= 4 is 76.7 Å². The second-order valence-corrected chi connectivity index (χ2v) is 12.1. The number of thioether (sulfide) groups is 4. The number of aryl methyl sites for hydroxylation is 1. The van der Waals surface area contributed by atoms with Crippen molar-refractivity contribution in [2.24, 2.45) is 12.8 Å². The minimum atomic E-state index is -1.85. The molecule has 1 aromatic heterocycles. The predicted octanol–water partition coefficient (Wildman–Crippen LogP) is -10.1. The van der Waals surface area contributed by atoms with Crippen molar-refractivity contribution in [2.75, 3.05) is 18.6 Å². The number of carboxylic acid groups (broad SMARTS) is 2. The van der Waals surface area contributed by atoms with E-state index in [0.29, 0.717) is 10.7 Å². The third-order valence-corrected chi connectivity index (χ3v) is 10.5. The molecule has 0 saturated carbocycles. The maximum Gasteiger partial charge on any atom is 1.00 e. The number of carbonyl (C=O) groups excluding carboxylic acids is 5. The van der Waals surface area contributed by atoms with Crippen LogP contribution in [0, 0.1) is 0 Å². The molecule has 3 aliphatic heterocycles. The molecule has 2 fully saturated rings. The number of rotatable bonds is 9. The monoisotopic (exact) mass is 619 g/mol. The molecule has 1 aromatic rings. The van der Waals surface area contributed by atoms with E-state index in [9.17, 15) is 34.2 Å². The topological polar surface area (TPSA) is 226 Å². The first-order chi connectivity index (χ1) is 17.0. The molecule has 3 aliphatic rings. The molecule has 0 radical (unpaired) electrons. The van der Waals surface area contributed by atoms with Crippen molar-refractivity contribution in [3.8, 4) is 0 Å². The van der Waals surface area contributed by atoms with Gasteiger partial charge in [-0.1, -0.05) is 35.3 Å². The quantitative estimate of drug-likeness (QED) is 0.0498. The van der Waals surface area contributed by atoms with E-state index >= 15 is 0 Å². The number of carbonyl (C=O) groups is 5. The summed E-state index contributed by atoms with van der Waals surface area (Å²) in [5.74, 6) is -5.65. The van der Waals surface area contributed by atoms with Gasteiger partial charge in [-0.05, 0) is 16.0 Å². The zero-order chi connectivity index (χ0) is 26.4. The number of aromatic nitrogens is 4. The van der Waals surface area contributed by atoms with Crippen LogP contribution in [-0.4, -0.2) is 89.1 Å². The number of nitrogens with one attached hydrogen (secondary N) is 1. The molecule has 21 heteroatoms. The Hall–Kier alpha value is -0.740. The largest absolute Gasteiger partial charge is 1.00 e. The van der Waals surface area contributed by atoms with Gasteiger partial charge in [0.15, 0.2) is 0 Å². The van der Waals surface area contributed by atoms with Crippen LogP contribution in [0.15, 0.2) is 26.2 Å². The maximum absolute atomic E-state index is 13.1. The van der Waals surface area contributed by atoms with Crippen molar-refractivity contribution < 1.29 is 98.0 Å². The summed E-state index contributed by atoms with van der Waals surface area (Å²) in [6.45, 7) is 0. The SMILES string of the molecule is CO[C@@]1(NC(=O)C2SC(=C(C(N)=O)C(=O)[O-])S2)C(=O)N2C(C(=O)[O-])=C(CSc3nnnn3C)CSC21.[Na+].[Na+]. The van der Waals surface area contributed by atoms with E-state index in [-0.39, 0.29) is 80.6 Å². The first-order valence-electron chi connectivity index (χ1n) is 9.71.